The summed E-state index contributed by atoms with van der Waals surface area (Å²) in [6.45, 7) is 4.52. The van der Waals surface area contributed by atoms with Crippen LogP contribution >= 0.6 is 11.3 Å². The first-order valence-corrected chi connectivity index (χ1v) is 8.83. The molecule has 0 spiro atoms. The molecule has 1 aromatic rings. The third-order valence-corrected chi connectivity index (χ3v) is 5.89. The zero-order valence-corrected chi connectivity index (χ0v) is 13.4. The van der Waals surface area contributed by atoms with Gasteiger partial charge in [0.05, 0.1) is 0 Å². The van der Waals surface area contributed by atoms with Gasteiger partial charge < -0.3 is 5.73 Å². The predicted octanol–water partition coefficient (Wildman–Crippen LogP) is 4.93. The van der Waals surface area contributed by atoms with Crippen LogP contribution in [0.1, 0.15) is 68.5 Å². The van der Waals surface area contributed by atoms with Crippen LogP contribution in [0.2, 0.25) is 0 Å². The molecular formula is C17H29NS. The molecule has 0 bridgehead atoms. The monoisotopic (exact) mass is 279 g/mol. The number of thiophene rings is 1. The SMILES string of the molecule is CCCCC1CCC(N)(Cc2ccc(CC)s2)CC1. The average molecular weight is 279 g/mol. The molecule has 19 heavy (non-hydrogen) atoms. The normalized spacial score (nSPS) is 27.6. The molecule has 1 fully saturated rings. The van der Waals surface area contributed by atoms with Gasteiger partial charge in [0.1, 0.15) is 0 Å². The summed E-state index contributed by atoms with van der Waals surface area (Å²) in [5, 5.41) is 0. The van der Waals surface area contributed by atoms with E-state index in [1.807, 2.05) is 11.3 Å². The average Bonchev–Trinajstić information content (AvgIpc) is 2.85. The minimum atomic E-state index is 0.0819. The first-order chi connectivity index (χ1) is 9.15. The molecule has 1 aliphatic carbocycles. The van der Waals surface area contributed by atoms with Crippen LogP contribution in [0.25, 0.3) is 0 Å². The van der Waals surface area contributed by atoms with E-state index in [0.717, 1.165) is 18.8 Å². The third kappa shape index (κ3) is 4.32. The molecule has 0 atom stereocenters. The summed E-state index contributed by atoms with van der Waals surface area (Å²) in [6, 6.07) is 4.57. The second-order valence-electron chi connectivity index (χ2n) is 6.35. The predicted molar refractivity (Wildman–Crippen MR) is 85.8 cm³/mol. The number of nitrogens with two attached hydrogens (primary N) is 1. The highest BCUT2D eigenvalue weighted by molar-refractivity contribution is 7.12. The fourth-order valence-corrected chi connectivity index (χ4v) is 4.38. The molecule has 1 aliphatic rings. The summed E-state index contributed by atoms with van der Waals surface area (Å²) in [6.07, 6.45) is 11.5. The maximum absolute atomic E-state index is 6.64. The lowest BCUT2D eigenvalue weighted by molar-refractivity contribution is 0.222. The molecule has 0 amide bonds. The minimum Gasteiger partial charge on any atom is -0.325 e. The summed E-state index contributed by atoms with van der Waals surface area (Å²) in [5.41, 5.74) is 6.72. The fraction of sp³-hybridized carbons (Fsp3) is 0.765. The van der Waals surface area contributed by atoms with Crippen LogP contribution in [-0.2, 0) is 12.8 Å². The first kappa shape index (κ1) is 15.1. The van der Waals surface area contributed by atoms with Crippen molar-refractivity contribution in [2.45, 2.75) is 77.2 Å². The molecule has 0 saturated heterocycles. The Morgan fingerprint density at radius 1 is 1.21 bits per heavy atom. The Labute approximate surface area is 122 Å². The van der Waals surface area contributed by atoms with Gasteiger partial charge in [0.2, 0.25) is 0 Å². The van der Waals surface area contributed by atoms with Crippen LogP contribution in [0.3, 0.4) is 0 Å². The molecule has 1 aromatic heterocycles. The molecular weight excluding hydrogens is 250 g/mol. The molecule has 2 rings (SSSR count). The van der Waals surface area contributed by atoms with Gasteiger partial charge in [0, 0.05) is 15.3 Å². The molecule has 1 nitrogen and oxygen atoms in total. The van der Waals surface area contributed by atoms with Gasteiger partial charge >= 0.3 is 0 Å². The Morgan fingerprint density at radius 3 is 2.47 bits per heavy atom. The Kier molecular flexibility index (Phi) is 5.47. The number of aryl methyl sites for hydroxylation is 1. The Balaban J connectivity index is 1.84. The lowest BCUT2D eigenvalue weighted by atomic mass is 9.74. The molecule has 1 heterocycles. The van der Waals surface area contributed by atoms with Gasteiger partial charge in [-0.3, -0.25) is 0 Å². The topological polar surface area (TPSA) is 26.0 Å². The maximum Gasteiger partial charge on any atom is 0.0203 e. The van der Waals surface area contributed by atoms with Gasteiger partial charge in [-0.15, -0.1) is 11.3 Å². The summed E-state index contributed by atoms with van der Waals surface area (Å²) in [7, 11) is 0. The van der Waals surface area contributed by atoms with E-state index in [4.69, 9.17) is 5.73 Å². The second kappa shape index (κ2) is 6.90. The Morgan fingerprint density at radius 2 is 1.89 bits per heavy atom. The molecule has 0 radical (unpaired) electrons. The van der Waals surface area contributed by atoms with Crippen LogP contribution in [0.4, 0.5) is 0 Å². The van der Waals surface area contributed by atoms with Gasteiger partial charge in [0.25, 0.3) is 0 Å². The van der Waals surface area contributed by atoms with Crippen molar-refractivity contribution < 1.29 is 0 Å². The van der Waals surface area contributed by atoms with E-state index in [2.05, 4.69) is 26.0 Å². The number of unbranched alkanes of at least 4 members (excludes halogenated alkanes) is 1. The molecule has 108 valence electrons. The molecule has 0 unspecified atom stereocenters. The van der Waals surface area contributed by atoms with Crippen molar-refractivity contribution >= 4 is 11.3 Å². The zero-order valence-electron chi connectivity index (χ0n) is 12.6. The van der Waals surface area contributed by atoms with E-state index in [0.29, 0.717) is 0 Å². The molecule has 0 aromatic carbocycles. The minimum absolute atomic E-state index is 0.0819. The zero-order chi connectivity index (χ0) is 13.7. The van der Waals surface area contributed by atoms with Crippen molar-refractivity contribution in [3.8, 4) is 0 Å². The number of rotatable bonds is 6. The quantitative estimate of drug-likeness (QED) is 0.785. The van der Waals surface area contributed by atoms with Crippen LogP contribution in [0, 0.1) is 5.92 Å². The largest absolute Gasteiger partial charge is 0.325 e. The first-order valence-electron chi connectivity index (χ1n) is 8.01. The van der Waals surface area contributed by atoms with Crippen molar-refractivity contribution in [3.63, 3.8) is 0 Å². The summed E-state index contributed by atoms with van der Waals surface area (Å²) < 4.78 is 0. The summed E-state index contributed by atoms with van der Waals surface area (Å²) in [5.74, 6) is 0.950. The van der Waals surface area contributed by atoms with Crippen molar-refractivity contribution in [2.75, 3.05) is 0 Å². The van der Waals surface area contributed by atoms with E-state index in [-0.39, 0.29) is 5.54 Å². The molecule has 2 N–H and O–H groups in total. The second-order valence-corrected chi connectivity index (χ2v) is 7.60. The summed E-state index contributed by atoms with van der Waals surface area (Å²) >= 11 is 1.96. The highest BCUT2D eigenvalue weighted by atomic mass is 32.1. The maximum atomic E-state index is 6.64. The van der Waals surface area contributed by atoms with E-state index < -0.39 is 0 Å². The standard InChI is InChI=1S/C17H29NS/c1-3-5-6-14-9-11-17(18,12-10-14)13-16-8-7-15(4-2)19-16/h7-8,14H,3-6,9-13,18H2,1-2H3. The van der Waals surface area contributed by atoms with Gasteiger partial charge in [-0.2, -0.15) is 0 Å². The number of hydrogen-bond donors (Lipinski definition) is 1. The van der Waals surface area contributed by atoms with E-state index >= 15 is 0 Å². The number of hydrogen-bond acceptors (Lipinski definition) is 2. The Hall–Kier alpha value is -0.340. The van der Waals surface area contributed by atoms with Gasteiger partial charge in [-0.25, -0.2) is 0 Å². The summed E-state index contributed by atoms with van der Waals surface area (Å²) in [4.78, 5) is 2.99. The van der Waals surface area contributed by atoms with E-state index in [1.54, 1.807) is 0 Å². The van der Waals surface area contributed by atoms with Crippen molar-refractivity contribution in [1.29, 1.82) is 0 Å². The smallest absolute Gasteiger partial charge is 0.0203 e. The Bertz CT molecular complexity index is 374. The highest BCUT2D eigenvalue weighted by Crippen LogP contribution is 2.36. The van der Waals surface area contributed by atoms with Crippen LogP contribution in [-0.4, -0.2) is 5.54 Å². The lowest BCUT2D eigenvalue weighted by Crippen LogP contribution is -2.45. The van der Waals surface area contributed by atoms with Gasteiger partial charge in [0.15, 0.2) is 0 Å². The fourth-order valence-electron chi connectivity index (χ4n) is 3.27. The molecule has 1 saturated carbocycles. The van der Waals surface area contributed by atoms with Gasteiger partial charge in [-0.05, 0) is 56.6 Å². The van der Waals surface area contributed by atoms with Crippen molar-refractivity contribution in [2.24, 2.45) is 11.7 Å². The lowest BCUT2D eigenvalue weighted by Gasteiger charge is -2.37. The third-order valence-electron chi connectivity index (χ3n) is 4.66. The van der Waals surface area contributed by atoms with Crippen LogP contribution < -0.4 is 5.73 Å². The molecule has 2 heteroatoms. The van der Waals surface area contributed by atoms with Crippen molar-refractivity contribution in [3.05, 3.63) is 21.9 Å². The highest BCUT2D eigenvalue weighted by Gasteiger charge is 2.31. The van der Waals surface area contributed by atoms with E-state index in [1.165, 1.54) is 54.7 Å². The molecule has 0 aliphatic heterocycles. The van der Waals surface area contributed by atoms with Crippen LogP contribution in [0.5, 0.6) is 0 Å². The van der Waals surface area contributed by atoms with Crippen molar-refractivity contribution in [1.82, 2.24) is 0 Å². The van der Waals surface area contributed by atoms with Gasteiger partial charge in [-0.1, -0.05) is 33.1 Å². The van der Waals surface area contributed by atoms with E-state index in [9.17, 15) is 0 Å². The van der Waals surface area contributed by atoms with Crippen LogP contribution in [0.15, 0.2) is 12.1 Å².